The predicted molar refractivity (Wildman–Crippen MR) is 142 cm³/mol. The number of aldehydes is 1. The van der Waals surface area contributed by atoms with Crippen LogP contribution in [0.1, 0.15) is 28.8 Å². The van der Waals surface area contributed by atoms with Gasteiger partial charge in [-0.2, -0.15) is 5.26 Å². The Hall–Kier alpha value is -5.24. The van der Waals surface area contributed by atoms with Crippen LogP contribution in [0.3, 0.4) is 0 Å². The van der Waals surface area contributed by atoms with Gasteiger partial charge in [-0.05, 0) is 48.7 Å². The number of hydrogen-bond donors (Lipinski definition) is 3. The van der Waals surface area contributed by atoms with Crippen LogP contribution in [0.2, 0.25) is 0 Å². The van der Waals surface area contributed by atoms with Gasteiger partial charge in [0.25, 0.3) is 0 Å². The molecule has 1 aliphatic carbocycles. The molecular weight excluding hydrogens is 502 g/mol. The number of carbonyl (C=O) groups is 1. The number of hydrogen-bond acceptors (Lipinski definition) is 8. The van der Waals surface area contributed by atoms with Gasteiger partial charge in [0.15, 0.2) is 11.5 Å². The minimum atomic E-state index is -0.738. The predicted octanol–water partition coefficient (Wildman–Crippen LogP) is 5.53. The fraction of sp³-hybridized carbons (Fsp3) is 0.143. The summed E-state index contributed by atoms with van der Waals surface area (Å²) in [4.78, 5) is 30.1. The number of benzene rings is 2. The van der Waals surface area contributed by atoms with Gasteiger partial charge in [0.05, 0.1) is 23.5 Å². The zero-order valence-corrected chi connectivity index (χ0v) is 20.7. The van der Waals surface area contributed by atoms with Crippen molar-refractivity contribution in [2.24, 2.45) is 0 Å². The molecule has 39 heavy (non-hydrogen) atoms. The Morgan fingerprint density at radius 3 is 2.67 bits per heavy atom. The Bertz CT molecular complexity index is 1710. The Balaban J connectivity index is 0.000000198. The number of fused-ring (bicyclic) bond motifs is 1. The van der Waals surface area contributed by atoms with Gasteiger partial charge in [-0.15, -0.1) is 0 Å². The Kier molecular flexibility index (Phi) is 6.93. The van der Waals surface area contributed by atoms with Crippen LogP contribution < -0.4 is 10.6 Å². The number of nitriles is 1. The van der Waals surface area contributed by atoms with E-state index in [9.17, 15) is 13.6 Å². The van der Waals surface area contributed by atoms with E-state index in [0.29, 0.717) is 28.0 Å². The number of pyridine rings is 1. The number of halogens is 2. The fourth-order valence-corrected chi connectivity index (χ4v) is 4.14. The van der Waals surface area contributed by atoms with Gasteiger partial charge in [-0.3, -0.25) is 4.79 Å². The van der Waals surface area contributed by atoms with E-state index < -0.39 is 11.6 Å². The van der Waals surface area contributed by atoms with Crippen molar-refractivity contribution < 1.29 is 13.6 Å². The van der Waals surface area contributed by atoms with Crippen LogP contribution in [-0.2, 0) is 5.41 Å². The summed E-state index contributed by atoms with van der Waals surface area (Å²) in [6.45, 7) is 0. The second kappa shape index (κ2) is 10.6. The molecule has 5 aromatic rings. The molecule has 11 heteroatoms. The summed E-state index contributed by atoms with van der Waals surface area (Å²) in [5.41, 5.74) is 3.40. The van der Waals surface area contributed by atoms with Crippen molar-refractivity contribution in [3.8, 4) is 17.3 Å². The summed E-state index contributed by atoms with van der Waals surface area (Å²) in [7, 11) is 1.56. The van der Waals surface area contributed by atoms with Gasteiger partial charge in [0.1, 0.15) is 41.1 Å². The van der Waals surface area contributed by atoms with Gasteiger partial charge in [0, 0.05) is 24.4 Å². The fourth-order valence-electron chi connectivity index (χ4n) is 4.14. The zero-order chi connectivity index (χ0) is 27.4. The molecule has 0 spiro atoms. The van der Waals surface area contributed by atoms with Gasteiger partial charge in [-0.1, -0.05) is 18.2 Å². The molecule has 0 radical (unpaired) electrons. The minimum absolute atomic E-state index is 0.171. The van der Waals surface area contributed by atoms with E-state index in [-0.39, 0.29) is 22.6 Å². The summed E-state index contributed by atoms with van der Waals surface area (Å²) in [6, 6.07) is 15.6. The van der Waals surface area contributed by atoms with E-state index in [0.717, 1.165) is 24.7 Å². The molecule has 3 aromatic heterocycles. The Morgan fingerprint density at radius 2 is 1.92 bits per heavy atom. The lowest BCUT2D eigenvalue weighted by molar-refractivity contribution is 0.112. The molecule has 2 aromatic carbocycles. The maximum absolute atomic E-state index is 14.5. The number of H-pyrrole nitrogens is 1. The lowest BCUT2D eigenvalue weighted by Gasteiger charge is -2.14. The lowest BCUT2D eigenvalue weighted by atomic mass is 9.96. The number of anilines is 3. The molecule has 0 saturated heterocycles. The number of nitrogens with zero attached hydrogens (tertiary/aromatic N) is 5. The molecule has 0 unspecified atom stereocenters. The molecule has 3 N–H and O–H groups in total. The summed E-state index contributed by atoms with van der Waals surface area (Å²) in [6.07, 6.45) is 7.06. The monoisotopic (exact) mass is 524 g/mol. The van der Waals surface area contributed by atoms with E-state index >= 15 is 0 Å². The van der Waals surface area contributed by atoms with Gasteiger partial charge in [-0.25, -0.2) is 28.7 Å². The number of rotatable bonds is 6. The molecule has 1 aliphatic rings. The lowest BCUT2D eigenvalue weighted by Crippen LogP contribution is -2.04. The third kappa shape index (κ3) is 5.00. The number of nitrogens with one attached hydrogen (secondary N) is 3. The van der Waals surface area contributed by atoms with Gasteiger partial charge in [0.2, 0.25) is 0 Å². The second-order valence-corrected chi connectivity index (χ2v) is 8.82. The Labute approximate surface area is 222 Å². The summed E-state index contributed by atoms with van der Waals surface area (Å²) in [5, 5.41) is 14.4. The number of aromatic amines is 1. The zero-order valence-electron chi connectivity index (χ0n) is 20.7. The van der Waals surface area contributed by atoms with Crippen LogP contribution in [0.5, 0.6) is 0 Å². The molecular formula is C28H22F2N8O. The topological polar surface area (TPSA) is 132 Å². The van der Waals surface area contributed by atoms with Crippen LogP contribution in [0.25, 0.3) is 22.4 Å². The van der Waals surface area contributed by atoms with Crippen molar-refractivity contribution in [2.75, 3.05) is 17.7 Å². The molecule has 0 bridgehead atoms. The van der Waals surface area contributed by atoms with Gasteiger partial charge >= 0.3 is 0 Å². The number of aromatic nitrogens is 5. The third-order valence-electron chi connectivity index (χ3n) is 6.43. The largest absolute Gasteiger partial charge is 0.386 e. The first-order chi connectivity index (χ1) is 19.0. The maximum Gasteiger partial charge on any atom is 0.181 e. The van der Waals surface area contributed by atoms with E-state index in [2.05, 4.69) is 41.6 Å². The molecule has 0 aliphatic heterocycles. The molecule has 0 atom stereocenters. The average Bonchev–Trinajstić information content (AvgIpc) is 3.64. The molecule has 194 valence electrons. The molecule has 6 rings (SSSR count). The van der Waals surface area contributed by atoms with Crippen molar-refractivity contribution in [3.05, 3.63) is 90.1 Å². The van der Waals surface area contributed by atoms with E-state index in [1.165, 1.54) is 31.0 Å². The highest BCUT2D eigenvalue weighted by Crippen LogP contribution is 2.47. The van der Waals surface area contributed by atoms with Crippen molar-refractivity contribution >= 4 is 34.6 Å². The van der Waals surface area contributed by atoms with Gasteiger partial charge < -0.3 is 15.6 Å². The SMILES string of the molecule is CNc1ccc(F)c(Nc2ncccc2-c2ncnc3nc[nH]c23)c1F.N#CC1(c2cccc(C=O)c2)CC1. The van der Waals surface area contributed by atoms with E-state index in [1.54, 1.807) is 25.2 Å². The molecule has 1 saturated carbocycles. The average molecular weight is 525 g/mol. The first kappa shape index (κ1) is 25.4. The summed E-state index contributed by atoms with van der Waals surface area (Å²) >= 11 is 0. The van der Waals surface area contributed by atoms with Crippen LogP contribution in [-0.4, -0.2) is 38.3 Å². The smallest absolute Gasteiger partial charge is 0.181 e. The summed E-state index contributed by atoms with van der Waals surface area (Å²) < 4.78 is 28.7. The third-order valence-corrected chi connectivity index (χ3v) is 6.43. The normalized spacial score (nSPS) is 13.1. The number of imidazole rings is 1. The highest BCUT2D eigenvalue weighted by atomic mass is 19.1. The molecule has 9 nitrogen and oxygen atoms in total. The highest BCUT2D eigenvalue weighted by Gasteiger charge is 2.44. The Morgan fingerprint density at radius 1 is 1.08 bits per heavy atom. The van der Waals surface area contributed by atoms with Crippen LogP contribution >= 0.6 is 0 Å². The van der Waals surface area contributed by atoms with Crippen molar-refractivity contribution in [2.45, 2.75) is 18.3 Å². The highest BCUT2D eigenvalue weighted by molar-refractivity contribution is 5.91. The second-order valence-electron chi connectivity index (χ2n) is 8.82. The molecule has 1 fully saturated rings. The van der Waals surface area contributed by atoms with Crippen molar-refractivity contribution in [3.63, 3.8) is 0 Å². The van der Waals surface area contributed by atoms with E-state index in [1.807, 2.05) is 18.2 Å². The van der Waals surface area contributed by atoms with Crippen LogP contribution in [0, 0.1) is 23.0 Å². The van der Waals surface area contributed by atoms with Crippen molar-refractivity contribution in [1.82, 2.24) is 24.9 Å². The van der Waals surface area contributed by atoms with Crippen LogP contribution in [0.15, 0.2) is 67.4 Å². The number of carbonyl (C=O) groups excluding carboxylic acids is 1. The molecule has 0 amide bonds. The standard InChI is InChI=1S/C17H13F2N7.C11H9NO/c1-20-11-5-4-10(18)14(12(11)19)26-16-9(3-2-6-21-16)13-15-17(24-7-22-13)25-8-23-15;12-8-11(4-5-11)10-3-1-2-9(6-10)7-13/h2-8,20H,1H3,(H,21,26)(H,22,23,24,25);1-3,6-7H,4-5H2. The summed E-state index contributed by atoms with van der Waals surface area (Å²) in [5.74, 6) is -1.21. The van der Waals surface area contributed by atoms with Crippen LogP contribution in [0.4, 0.5) is 26.0 Å². The minimum Gasteiger partial charge on any atom is -0.386 e. The van der Waals surface area contributed by atoms with E-state index in [4.69, 9.17) is 5.26 Å². The van der Waals surface area contributed by atoms with Crippen molar-refractivity contribution in [1.29, 1.82) is 5.26 Å². The first-order valence-corrected chi connectivity index (χ1v) is 12.0. The maximum atomic E-state index is 14.5. The first-order valence-electron chi connectivity index (χ1n) is 12.0. The quantitative estimate of drug-likeness (QED) is 0.247. The molecule has 3 heterocycles.